The molecule has 1 unspecified atom stereocenters. The molecule has 0 amide bonds. The zero-order valence-electron chi connectivity index (χ0n) is 12.5. The molecule has 0 aliphatic carbocycles. The first-order valence-corrected chi connectivity index (χ1v) is 8.27. The Morgan fingerprint density at radius 3 is 2.29 bits per heavy atom. The molecule has 3 aromatic rings. The number of hydrogen-bond acceptors (Lipinski definition) is 4. The zero-order chi connectivity index (χ0) is 16.7. The van der Waals surface area contributed by atoms with Gasteiger partial charge in [-0.2, -0.15) is 0 Å². The van der Waals surface area contributed by atoms with Crippen molar-refractivity contribution in [3.63, 3.8) is 0 Å². The molecule has 5 heteroatoms. The van der Waals surface area contributed by atoms with E-state index in [1.807, 2.05) is 54.6 Å². The Balaban J connectivity index is 2.08. The third-order valence-electron chi connectivity index (χ3n) is 4.26. The standard InChI is InChI=1S/C19H13NO3S/c21-19(13-7-2-1-3-8-13)14-9-4-5-12-17(14)24-18-15(19)10-6-11-16(18)20(22)23/h1-12,21H. The lowest BCUT2D eigenvalue weighted by Gasteiger charge is -2.36. The molecule has 4 nitrogen and oxygen atoms in total. The van der Waals surface area contributed by atoms with E-state index in [4.69, 9.17) is 0 Å². The van der Waals surface area contributed by atoms with Crippen molar-refractivity contribution in [2.75, 3.05) is 0 Å². The van der Waals surface area contributed by atoms with Crippen LogP contribution in [0.4, 0.5) is 5.69 Å². The maximum absolute atomic E-state index is 11.7. The Morgan fingerprint density at radius 1 is 0.875 bits per heavy atom. The van der Waals surface area contributed by atoms with Gasteiger partial charge in [0.05, 0.1) is 9.82 Å². The normalized spacial score (nSPS) is 18.5. The number of rotatable bonds is 2. The Labute approximate surface area is 142 Å². The van der Waals surface area contributed by atoms with Crippen molar-refractivity contribution in [1.82, 2.24) is 0 Å². The molecule has 0 radical (unpaired) electrons. The van der Waals surface area contributed by atoms with Gasteiger partial charge in [0.25, 0.3) is 5.69 Å². The molecule has 1 aliphatic heterocycles. The molecule has 1 N–H and O–H groups in total. The van der Waals surface area contributed by atoms with Gasteiger partial charge in [0.1, 0.15) is 5.60 Å². The molecule has 0 saturated carbocycles. The van der Waals surface area contributed by atoms with Gasteiger partial charge in [0.15, 0.2) is 0 Å². The zero-order valence-corrected chi connectivity index (χ0v) is 13.4. The van der Waals surface area contributed by atoms with E-state index in [-0.39, 0.29) is 5.69 Å². The SMILES string of the molecule is O=[N+]([O-])c1cccc2c1Sc1ccccc1C2(O)c1ccccc1. The van der Waals surface area contributed by atoms with Crippen LogP contribution in [0, 0.1) is 10.1 Å². The van der Waals surface area contributed by atoms with E-state index < -0.39 is 10.5 Å². The topological polar surface area (TPSA) is 63.4 Å². The van der Waals surface area contributed by atoms with Crippen LogP contribution in [0.1, 0.15) is 16.7 Å². The third-order valence-corrected chi connectivity index (χ3v) is 5.47. The van der Waals surface area contributed by atoms with E-state index in [1.54, 1.807) is 12.1 Å². The van der Waals surface area contributed by atoms with Gasteiger partial charge in [-0.1, -0.05) is 72.4 Å². The Morgan fingerprint density at radius 2 is 1.54 bits per heavy atom. The molecule has 0 aromatic heterocycles. The average molecular weight is 335 g/mol. The van der Waals surface area contributed by atoms with Gasteiger partial charge < -0.3 is 5.11 Å². The number of benzene rings is 3. The summed E-state index contributed by atoms with van der Waals surface area (Å²) in [5.41, 5.74) is 0.589. The second-order valence-electron chi connectivity index (χ2n) is 5.59. The molecule has 24 heavy (non-hydrogen) atoms. The molecular formula is C19H13NO3S. The van der Waals surface area contributed by atoms with Crippen LogP contribution in [0.3, 0.4) is 0 Å². The van der Waals surface area contributed by atoms with Crippen LogP contribution >= 0.6 is 11.8 Å². The number of nitrogens with zero attached hydrogens (tertiary/aromatic N) is 1. The molecule has 118 valence electrons. The monoisotopic (exact) mass is 335 g/mol. The third kappa shape index (κ3) is 2.06. The van der Waals surface area contributed by atoms with Crippen LogP contribution in [0.2, 0.25) is 0 Å². The molecule has 0 bridgehead atoms. The summed E-state index contributed by atoms with van der Waals surface area (Å²) in [5.74, 6) is 0. The molecule has 3 aromatic carbocycles. The van der Waals surface area contributed by atoms with Gasteiger partial charge in [-0.05, 0) is 11.6 Å². The molecule has 1 aliphatic rings. The van der Waals surface area contributed by atoms with Crippen LogP contribution in [0.15, 0.2) is 82.6 Å². The van der Waals surface area contributed by atoms with Gasteiger partial charge in [0, 0.05) is 22.1 Å². The number of hydrogen-bond donors (Lipinski definition) is 1. The number of nitro groups is 1. The van der Waals surface area contributed by atoms with Crippen molar-refractivity contribution < 1.29 is 10.0 Å². The van der Waals surface area contributed by atoms with Crippen molar-refractivity contribution in [3.8, 4) is 0 Å². The Kier molecular flexibility index (Phi) is 3.40. The lowest BCUT2D eigenvalue weighted by Crippen LogP contribution is -2.32. The molecule has 1 heterocycles. The fourth-order valence-electron chi connectivity index (χ4n) is 3.16. The summed E-state index contributed by atoms with van der Waals surface area (Å²) in [6, 6.07) is 21.6. The minimum absolute atomic E-state index is 0.0151. The second kappa shape index (κ2) is 5.47. The molecule has 0 saturated heterocycles. The number of aliphatic hydroxyl groups is 1. The van der Waals surface area contributed by atoms with Gasteiger partial charge >= 0.3 is 0 Å². The van der Waals surface area contributed by atoms with Crippen LogP contribution in [0.25, 0.3) is 0 Å². The maximum atomic E-state index is 11.7. The Hall–Kier alpha value is -2.63. The van der Waals surface area contributed by atoms with Crippen molar-refractivity contribution in [2.24, 2.45) is 0 Å². The summed E-state index contributed by atoms with van der Waals surface area (Å²) in [6.45, 7) is 0. The van der Waals surface area contributed by atoms with E-state index in [2.05, 4.69) is 0 Å². The first-order valence-electron chi connectivity index (χ1n) is 7.45. The molecule has 0 fully saturated rings. The van der Waals surface area contributed by atoms with E-state index in [9.17, 15) is 15.2 Å². The highest BCUT2D eigenvalue weighted by Gasteiger charge is 2.43. The minimum Gasteiger partial charge on any atom is -0.376 e. The van der Waals surface area contributed by atoms with E-state index >= 15 is 0 Å². The number of fused-ring (bicyclic) bond motifs is 2. The molecule has 0 spiro atoms. The summed E-state index contributed by atoms with van der Waals surface area (Å²) >= 11 is 1.33. The summed E-state index contributed by atoms with van der Waals surface area (Å²) < 4.78 is 0. The van der Waals surface area contributed by atoms with E-state index in [1.165, 1.54) is 17.8 Å². The van der Waals surface area contributed by atoms with Gasteiger partial charge in [-0.3, -0.25) is 10.1 Å². The largest absolute Gasteiger partial charge is 0.376 e. The van der Waals surface area contributed by atoms with Crippen LogP contribution in [-0.2, 0) is 5.60 Å². The highest BCUT2D eigenvalue weighted by atomic mass is 32.2. The Bertz CT molecular complexity index is 942. The summed E-state index contributed by atoms with van der Waals surface area (Å²) in [4.78, 5) is 12.4. The first kappa shape index (κ1) is 14.9. The van der Waals surface area contributed by atoms with Crippen LogP contribution in [0.5, 0.6) is 0 Å². The number of nitro benzene ring substituents is 1. The highest BCUT2D eigenvalue weighted by Crippen LogP contribution is 2.53. The maximum Gasteiger partial charge on any atom is 0.283 e. The molecule has 4 rings (SSSR count). The fraction of sp³-hybridized carbons (Fsp3) is 0.0526. The fourth-order valence-corrected chi connectivity index (χ4v) is 4.43. The quantitative estimate of drug-likeness (QED) is 0.559. The lowest BCUT2D eigenvalue weighted by atomic mass is 9.80. The minimum atomic E-state index is -1.41. The van der Waals surface area contributed by atoms with Crippen LogP contribution < -0.4 is 0 Å². The van der Waals surface area contributed by atoms with Crippen molar-refractivity contribution in [2.45, 2.75) is 15.4 Å². The van der Waals surface area contributed by atoms with Gasteiger partial charge in [0.2, 0.25) is 0 Å². The van der Waals surface area contributed by atoms with Crippen molar-refractivity contribution in [3.05, 3.63) is 99.6 Å². The lowest BCUT2D eigenvalue weighted by molar-refractivity contribution is -0.387. The second-order valence-corrected chi connectivity index (χ2v) is 6.64. The first-order chi connectivity index (χ1) is 11.6. The van der Waals surface area contributed by atoms with Gasteiger partial charge in [-0.15, -0.1) is 0 Å². The van der Waals surface area contributed by atoms with Crippen LogP contribution in [-0.4, -0.2) is 10.0 Å². The van der Waals surface area contributed by atoms with E-state index in [0.29, 0.717) is 16.0 Å². The average Bonchev–Trinajstić information content (AvgIpc) is 2.62. The highest BCUT2D eigenvalue weighted by molar-refractivity contribution is 7.99. The predicted molar refractivity (Wildman–Crippen MR) is 92.2 cm³/mol. The summed E-state index contributed by atoms with van der Waals surface area (Å²) in [5, 5.41) is 23.2. The summed E-state index contributed by atoms with van der Waals surface area (Å²) in [7, 11) is 0. The van der Waals surface area contributed by atoms with E-state index in [0.717, 1.165) is 10.5 Å². The van der Waals surface area contributed by atoms with Crippen molar-refractivity contribution >= 4 is 17.4 Å². The van der Waals surface area contributed by atoms with Gasteiger partial charge in [-0.25, -0.2) is 0 Å². The summed E-state index contributed by atoms with van der Waals surface area (Å²) in [6.07, 6.45) is 0. The predicted octanol–water partition coefficient (Wildman–Crippen LogP) is 4.34. The van der Waals surface area contributed by atoms with Crippen molar-refractivity contribution in [1.29, 1.82) is 0 Å². The smallest absolute Gasteiger partial charge is 0.283 e. The molecular weight excluding hydrogens is 322 g/mol. The molecule has 1 atom stereocenters.